The van der Waals surface area contributed by atoms with Crippen LogP contribution in [0.25, 0.3) is 0 Å². The summed E-state index contributed by atoms with van der Waals surface area (Å²) in [5, 5.41) is 3.31. The van der Waals surface area contributed by atoms with Gasteiger partial charge in [0.25, 0.3) is 0 Å². The Morgan fingerprint density at radius 1 is 1.09 bits per heavy atom. The lowest BCUT2D eigenvalue weighted by atomic mass is 9.83. The Morgan fingerprint density at radius 3 is 2.35 bits per heavy atom. The molecule has 1 spiro atoms. The average Bonchev–Trinajstić information content (AvgIpc) is 3.17. The summed E-state index contributed by atoms with van der Waals surface area (Å²) < 4.78 is 23.4. The lowest BCUT2D eigenvalue weighted by Gasteiger charge is -2.41. The van der Waals surface area contributed by atoms with Gasteiger partial charge in [0.15, 0.2) is 9.84 Å². The molecular weight excluding hydrogens is 452 g/mol. The van der Waals surface area contributed by atoms with Gasteiger partial charge in [0, 0.05) is 44.5 Å². The molecule has 4 aliphatic rings. The van der Waals surface area contributed by atoms with E-state index in [2.05, 4.69) is 22.2 Å². The molecule has 0 bridgehead atoms. The lowest BCUT2D eigenvalue weighted by molar-refractivity contribution is -0.135. The van der Waals surface area contributed by atoms with Crippen molar-refractivity contribution in [3.8, 4) is 0 Å². The van der Waals surface area contributed by atoms with Gasteiger partial charge in [-0.15, -0.1) is 0 Å². The van der Waals surface area contributed by atoms with E-state index >= 15 is 0 Å². The second-order valence-electron chi connectivity index (χ2n) is 10.8. The van der Waals surface area contributed by atoms with Gasteiger partial charge in [-0.3, -0.25) is 19.4 Å². The topological polar surface area (TPSA) is 90.0 Å². The van der Waals surface area contributed by atoms with Gasteiger partial charge >= 0.3 is 0 Å². The first-order valence-corrected chi connectivity index (χ1v) is 14.4. The summed E-state index contributed by atoms with van der Waals surface area (Å²) in [4.78, 5) is 33.4. The van der Waals surface area contributed by atoms with Crippen LogP contribution in [0.15, 0.2) is 29.2 Å². The smallest absolute Gasteiger partial charge is 0.243 e. The summed E-state index contributed by atoms with van der Waals surface area (Å²) in [6, 6.07) is 7.57. The van der Waals surface area contributed by atoms with E-state index in [0.29, 0.717) is 23.9 Å². The summed E-state index contributed by atoms with van der Waals surface area (Å²) >= 11 is 0. The summed E-state index contributed by atoms with van der Waals surface area (Å²) in [7, 11) is -1.05. The number of nitrogens with zero attached hydrogens (tertiary/aromatic N) is 3. The van der Waals surface area contributed by atoms with Gasteiger partial charge in [-0.2, -0.15) is 0 Å². The average molecular weight is 489 g/mol. The van der Waals surface area contributed by atoms with Crippen LogP contribution in [0, 0.1) is 0 Å². The van der Waals surface area contributed by atoms with Crippen LogP contribution in [-0.2, 0) is 26.0 Å². The van der Waals surface area contributed by atoms with Crippen molar-refractivity contribution in [1.82, 2.24) is 20.0 Å². The van der Waals surface area contributed by atoms with Crippen molar-refractivity contribution in [3.63, 3.8) is 0 Å². The van der Waals surface area contributed by atoms with Crippen LogP contribution in [0.1, 0.15) is 50.5 Å². The third kappa shape index (κ3) is 4.62. The van der Waals surface area contributed by atoms with Crippen LogP contribution in [0.2, 0.25) is 0 Å². The maximum absolute atomic E-state index is 13.3. The Bertz CT molecular complexity index is 1020. The highest BCUT2D eigenvalue weighted by Crippen LogP contribution is 2.35. The second-order valence-corrected chi connectivity index (χ2v) is 12.9. The van der Waals surface area contributed by atoms with Crippen LogP contribution in [0.3, 0.4) is 0 Å². The lowest BCUT2D eigenvalue weighted by Crippen LogP contribution is -2.56. The minimum atomic E-state index is -3.20. The molecule has 1 saturated carbocycles. The molecule has 4 fully saturated rings. The fourth-order valence-corrected chi connectivity index (χ4v) is 6.68. The van der Waals surface area contributed by atoms with E-state index in [1.807, 2.05) is 17.0 Å². The number of hydrogen-bond acceptors (Lipinski definition) is 6. The first-order valence-electron chi connectivity index (χ1n) is 12.5. The monoisotopic (exact) mass is 488 g/mol. The molecule has 186 valence electrons. The normalized spacial score (nSPS) is 28.0. The third-order valence-corrected chi connectivity index (χ3v) is 9.71. The Kier molecular flexibility index (Phi) is 6.23. The van der Waals surface area contributed by atoms with E-state index in [-0.39, 0.29) is 23.9 Å². The third-order valence-electron chi connectivity index (χ3n) is 8.58. The predicted molar refractivity (Wildman–Crippen MR) is 129 cm³/mol. The number of carbonyl (C=O) groups excluding carboxylic acids is 2. The molecule has 1 aromatic carbocycles. The van der Waals surface area contributed by atoms with E-state index in [4.69, 9.17) is 0 Å². The number of likely N-dealkylation sites (tertiary alicyclic amines) is 1. The van der Waals surface area contributed by atoms with Crippen molar-refractivity contribution in [2.24, 2.45) is 0 Å². The zero-order valence-electron chi connectivity index (χ0n) is 20.2. The van der Waals surface area contributed by atoms with Crippen molar-refractivity contribution in [2.45, 2.75) is 80.1 Å². The van der Waals surface area contributed by atoms with Crippen molar-refractivity contribution >= 4 is 21.7 Å². The Balaban J connectivity index is 1.19. The van der Waals surface area contributed by atoms with Gasteiger partial charge in [0.05, 0.1) is 16.9 Å². The van der Waals surface area contributed by atoms with Crippen molar-refractivity contribution in [2.75, 3.05) is 32.9 Å². The molecule has 9 heteroatoms. The molecular formula is C25H36N4O4S. The molecule has 0 radical (unpaired) electrons. The number of likely N-dealkylation sites (N-methyl/N-ethyl adjacent to an activating group) is 1. The zero-order chi connectivity index (χ0) is 24.1. The number of amides is 2. The molecule has 5 rings (SSSR count). The summed E-state index contributed by atoms with van der Waals surface area (Å²) in [5.74, 6) is 0.123. The number of piperidine rings is 1. The summed E-state index contributed by atoms with van der Waals surface area (Å²) in [6.07, 6.45) is 7.54. The number of nitrogens with one attached hydrogen (secondary N) is 1. The fourth-order valence-electron chi connectivity index (χ4n) is 6.05. The molecule has 2 amide bonds. The van der Waals surface area contributed by atoms with Crippen molar-refractivity contribution < 1.29 is 18.0 Å². The fraction of sp³-hybridized carbons (Fsp3) is 0.680. The number of carbonyl (C=O) groups is 2. The molecule has 1 aromatic rings. The SMILES string of the molecule is CN(C1CCC1)[C@H]1C[C@H]2C(=O)NC3(CCN(Cc4ccc(S(C)(=O)=O)cc4)CC3)CC(=O)N2C1. The van der Waals surface area contributed by atoms with Crippen LogP contribution in [-0.4, -0.2) is 91.5 Å². The van der Waals surface area contributed by atoms with E-state index in [9.17, 15) is 18.0 Å². The summed E-state index contributed by atoms with van der Waals surface area (Å²) in [5.41, 5.74) is 0.608. The first-order chi connectivity index (χ1) is 16.1. The first kappa shape index (κ1) is 23.8. The highest BCUT2D eigenvalue weighted by atomic mass is 32.2. The second kappa shape index (κ2) is 8.91. The molecule has 3 heterocycles. The highest BCUT2D eigenvalue weighted by molar-refractivity contribution is 7.90. The highest BCUT2D eigenvalue weighted by Gasteiger charge is 2.50. The number of rotatable bonds is 5. The largest absolute Gasteiger partial charge is 0.348 e. The van der Waals surface area contributed by atoms with Gasteiger partial charge in [0.1, 0.15) is 6.04 Å². The van der Waals surface area contributed by atoms with Crippen LogP contribution < -0.4 is 5.32 Å². The van der Waals surface area contributed by atoms with Gasteiger partial charge < -0.3 is 10.2 Å². The molecule has 0 aromatic heterocycles. The molecule has 8 nitrogen and oxygen atoms in total. The van der Waals surface area contributed by atoms with Crippen LogP contribution in [0.5, 0.6) is 0 Å². The predicted octanol–water partition coefficient (Wildman–Crippen LogP) is 1.40. The molecule has 1 aliphatic carbocycles. The Hall–Kier alpha value is -1.97. The summed E-state index contributed by atoms with van der Waals surface area (Å²) in [6.45, 7) is 2.97. The molecule has 2 atom stereocenters. The number of sulfone groups is 1. The van der Waals surface area contributed by atoms with Gasteiger partial charge in [-0.1, -0.05) is 18.6 Å². The van der Waals surface area contributed by atoms with Crippen molar-refractivity contribution in [3.05, 3.63) is 29.8 Å². The van der Waals surface area contributed by atoms with E-state index < -0.39 is 15.4 Å². The number of benzene rings is 1. The number of fused-ring (bicyclic) bond motifs is 1. The van der Waals surface area contributed by atoms with Gasteiger partial charge in [0.2, 0.25) is 11.8 Å². The molecule has 1 N–H and O–H groups in total. The molecule has 3 aliphatic heterocycles. The Morgan fingerprint density at radius 2 is 1.76 bits per heavy atom. The maximum atomic E-state index is 13.3. The van der Waals surface area contributed by atoms with E-state index in [1.54, 1.807) is 12.1 Å². The van der Waals surface area contributed by atoms with Crippen LogP contribution >= 0.6 is 0 Å². The molecule has 0 unspecified atom stereocenters. The van der Waals surface area contributed by atoms with Crippen LogP contribution in [0.4, 0.5) is 0 Å². The molecule has 3 saturated heterocycles. The standard InChI is InChI=1S/C25H36N4O4S/c1-27(19-4-3-5-19)20-14-22-24(31)26-25(15-23(30)29(22)17-20)10-12-28(13-11-25)16-18-6-8-21(9-7-18)34(2,32)33/h6-9,19-20,22H,3-5,10-17H2,1-2H3,(H,26,31)/t20-,22-/m0/s1. The van der Waals surface area contributed by atoms with Gasteiger partial charge in [-0.25, -0.2) is 8.42 Å². The number of hydrogen-bond donors (Lipinski definition) is 1. The van der Waals surface area contributed by atoms with E-state index in [1.165, 1.54) is 25.5 Å². The Labute approximate surface area is 202 Å². The molecule has 34 heavy (non-hydrogen) atoms. The van der Waals surface area contributed by atoms with Crippen molar-refractivity contribution in [1.29, 1.82) is 0 Å². The minimum absolute atomic E-state index is 0.0140. The van der Waals surface area contributed by atoms with E-state index in [0.717, 1.165) is 44.5 Å². The quantitative estimate of drug-likeness (QED) is 0.674. The zero-order valence-corrected chi connectivity index (χ0v) is 21.0. The van der Waals surface area contributed by atoms with Gasteiger partial charge in [-0.05, 0) is 56.8 Å². The minimum Gasteiger partial charge on any atom is -0.348 e. The maximum Gasteiger partial charge on any atom is 0.243 e.